The van der Waals surface area contributed by atoms with Gasteiger partial charge >= 0.3 is 0 Å². The van der Waals surface area contributed by atoms with Crippen molar-refractivity contribution in [1.82, 2.24) is 19.8 Å². The molecule has 0 amide bonds. The lowest BCUT2D eigenvalue weighted by atomic mass is 10.0. The quantitative estimate of drug-likeness (QED) is 0.338. The number of piperidine rings is 1. The number of benzene rings is 2. The van der Waals surface area contributed by atoms with Gasteiger partial charge in [-0.3, -0.25) is 4.90 Å². The minimum Gasteiger partial charge on any atom is -0.497 e. The van der Waals surface area contributed by atoms with Gasteiger partial charge in [-0.1, -0.05) is 0 Å². The molecule has 2 fully saturated rings. The highest BCUT2D eigenvalue weighted by Crippen LogP contribution is 2.34. The molecule has 43 heavy (non-hydrogen) atoms. The monoisotopic (exact) mass is 616 g/mol. The Balaban J connectivity index is 1.45. The van der Waals surface area contributed by atoms with Gasteiger partial charge < -0.3 is 19.3 Å². The maximum Gasteiger partial charge on any atom is 0.271 e. The van der Waals surface area contributed by atoms with E-state index in [4.69, 9.17) is 9.47 Å². The first kappa shape index (κ1) is 30.9. The Bertz CT molecular complexity index is 1510. The summed E-state index contributed by atoms with van der Waals surface area (Å²) in [5.41, 5.74) is 0.765. The Hall–Kier alpha value is -3.55. The molecule has 1 unspecified atom stereocenters. The molecule has 10 nitrogen and oxygen atoms in total. The van der Waals surface area contributed by atoms with Crippen LogP contribution in [-0.2, 0) is 16.6 Å². The zero-order chi connectivity index (χ0) is 30.7. The Morgan fingerprint density at radius 2 is 1.74 bits per heavy atom. The molecule has 5 rings (SSSR count). The molecule has 2 aliphatic heterocycles. The second-order valence-corrected chi connectivity index (χ2v) is 12.9. The Labute approximate surface area is 251 Å². The van der Waals surface area contributed by atoms with Crippen LogP contribution in [0, 0.1) is 11.6 Å². The molecule has 232 valence electrons. The highest BCUT2D eigenvalue weighted by atomic mass is 32.2. The van der Waals surface area contributed by atoms with Crippen LogP contribution in [0.1, 0.15) is 24.8 Å². The molecule has 0 bridgehead atoms. The Morgan fingerprint density at radius 1 is 1.00 bits per heavy atom. The maximum atomic E-state index is 15.8. The zero-order valence-corrected chi connectivity index (χ0v) is 25.7. The molecular weight excluding hydrogens is 578 g/mol. The third kappa shape index (κ3) is 6.53. The smallest absolute Gasteiger partial charge is 0.271 e. The molecule has 3 aromatic rings. The summed E-state index contributed by atoms with van der Waals surface area (Å²) < 4.78 is 71.1. The molecule has 0 radical (unpaired) electrons. The predicted octanol–water partition coefficient (Wildman–Crippen LogP) is 3.77. The molecule has 2 aliphatic rings. The van der Waals surface area contributed by atoms with Gasteiger partial charge in [-0.05, 0) is 64.2 Å². The van der Waals surface area contributed by atoms with Crippen molar-refractivity contribution < 1.29 is 26.7 Å². The second kappa shape index (κ2) is 13.0. The van der Waals surface area contributed by atoms with Gasteiger partial charge in [0.15, 0.2) is 4.90 Å². The minimum atomic E-state index is -4.77. The lowest BCUT2D eigenvalue weighted by Gasteiger charge is -2.41. The van der Waals surface area contributed by atoms with Crippen molar-refractivity contribution in [3.8, 4) is 11.5 Å². The van der Waals surface area contributed by atoms with Crippen LogP contribution in [0.3, 0.4) is 0 Å². The number of ether oxygens (including phenoxy) is 2. The van der Waals surface area contributed by atoms with E-state index >= 15 is 8.78 Å². The van der Waals surface area contributed by atoms with Gasteiger partial charge in [-0.2, -0.15) is 0 Å². The molecule has 0 spiro atoms. The molecule has 2 saturated heterocycles. The summed E-state index contributed by atoms with van der Waals surface area (Å²) in [6, 6.07) is 9.15. The van der Waals surface area contributed by atoms with E-state index in [1.54, 1.807) is 18.2 Å². The topological polar surface area (TPSA) is 91.3 Å². The van der Waals surface area contributed by atoms with E-state index in [1.807, 2.05) is 4.90 Å². The van der Waals surface area contributed by atoms with Crippen molar-refractivity contribution in [2.24, 2.45) is 0 Å². The van der Waals surface area contributed by atoms with Gasteiger partial charge in [-0.25, -0.2) is 31.5 Å². The first-order chi connectivity index (χ1) is 20.6. The molecule has 13 heteroatoms. The third-order valence-electron chi connectivity index (χ3n) is 8.44. The summed E-state index contributed by atoms with van der Waals surface area (Å²) in [6.07, 6.45) is 5.48. The van der Waals surface area contributed by atoms with Crippen molar-refractivity contribution >= 4 is 21.5 Å². The van der Waals surface area contributed by atoms with Gasteiger partial charge in [0.2, 0.25) is 0 Å². The normalized spacial score (nSPS) is 19.6. The van der Waals surface area contributed by atoms with E-state index < -0.39 is 26.6 Å². The summed E-state index contributed by atoms with van der Waals surface area (Å²) >= 11 is 0. The fraction of sp³-hybridized carbons (Fsp3) is 0.467. The molecule has 0 N–H and O–H groups in total. The van der Waals surface area contributed by atoms with Crippen LogP contribution in [0.2, 0.25) is 0 Å². The highest BCUT2D eigenvalue weighted by molar-refractivity contribution is 7.92. The number of nitrogens with zero attached hydrogens (tertiary/aromatic N) is 6. The molecule has 3 heterocycles. The van der Waals surface area contributed by atoms with Gasteiger partial charge in [0.05, 0.1) is 20.8 Å². The highest BCUT2D eigenvalue weighted by Gasteiger charge is 2.35. The number of hydrogen-bond donors (Lipinski definition) is 0. The van der Waals surface area contributed by atoms with Crippen LogP contribution in [-0.4, -0.2) is 94.8 Å². The van der Waals surface area contributed by atoms with Crippen LogP contribution in [0.25, 0.3) is 0 Å². The van der Waals surface area contributed by atoms with Crippen molar-refractivity contribution in [2.75, 3.05) is 63.7 Å². The maximum absolute atomic E-state index is 15.8. The van der Waals surface area contributed by atoms with E-state index in [-0.39, 0.29) is 18.4 Å². The van der Waals surface area contributed by atoms with E-state index in [0.29, 0.717) is 41.9 Å². The number of sulfonamides is 1. The molecule has 1 aromatic heterocycles. The van der Waals surface area contributed by atoms with Gasteiger partial charge in [0, 0.05) is 61.3 Å². The Kier molecular flexibility index (Phi) is 9.33. The molecule has 2 atom stereocenters. The van der Waals surface area contributed by atoms with Crippen LogP contribution in [0.4, 0.5) is 20.3 Å². The van der Waals surface area contributed by atoms with Crippen LogP contribution in [0.5, 0.6) is 11.5 Å². The fourth-order valence-electron chi connectivity index (χ4n) is 6.01. The lowest BCUT2D eigenvalue weighted by Crippen LogP contribution is -2.50. The van der Waals surface area contributed by atoms with Crippen molar-refractivity contribution in [1.29, 1.82) is 0 Å². The average molecular weight is 617 g/mol. The number of hydrogen-bond acceptors (Lipinski definition) is 9. The zero-order valence-electron chi connectivity index (χ0n) is 24.9. The summed E-state index contributed by atoms with van der Waals surface area (Å²) in [4.78, 5) is 13.5. The molecule has 0 saturated carbocycles. The van der Waals surface area contributed by atoms with E-state index in [0.717, 1.165) is 48.8 Å². The Morgan fingerprint density at radius 3 is 2.37 bits per heavy atom. The summed E-state index contributed by atoms with van der Waals surface area (Å²) in [5, 5.41) is 0. The van der Waals surface area contributed by atoms with Crippen molar-refractivity contribution in [3.05, 3.63) is 66.1 Å². The largest absolute Gasteiger partial charge is 0.497 e. The van der Waals surface area contributed by atoms with Crippen molar-refractivity contribution in [3.63, 3.8) is 0 Å². The number of aromatic nitrogens is 2. The van der Waals surface area contributed by atoms with Gasteiger partial charge in [0.1, 0.15) is 35.3 Å². The predicted molar refractivity (Wildman–Crippen MR) is 160 cm³/mol. The number of rotatable bonds is 10. The van der Waals surface area contributed by atoms with Crippen molar-refractivity contribution in [2.45, 2.75) is 42.8 Å². The molecule has 2 aromatic carbocycles. The van der Waals surface area contributed by atoms with Crippen LogP contribution < -0.4 is 18.7 Å². The molecule has 0 aliphatic carbocycles. The first-order valence-corrected chi connectivity index (χ1v) is 15.7. The minimum absolute atomic E-state index is 0.0461. The van der Waals surface area contributed by atoms with Gasteiger partial charge in [0.25, 0.3) is 10.0 Å². The number of likely N-dealkylation sites (tertiary alicyclic amines) is 1. The van der Waals surface area contributed by atoms with E-state index in [9.17, 15) is 8.42 Å². The summed E-state index contributed by atoms with van der Waals surface area (Å²) in [5.74, 6) is -1.52. The number of likely N-dealkylation sites (N-methyl/N-ethyl adjacent to an activating group) is 2. The van der Waals surface area contributed by atoms with E-state index in [1.165, 1.54) is 32.8 Å². The number of anilines is 2. The lowest BCUT2D eigenvalue weighted by molar-refractivity contribution is 0.157. The fourth-order valence-corrected chi connectivity index (χ4v) is 7.50. The molecular formula is C30H38F2N6O4S. The van der Waals surface area contributed by atoms with E-state index in [2.05, 4.69) is 33.9 Å². The average Bonchev–Trinajstić information content (AvgIpc) is 3.45. The van der Waals surface area contributed by atoms with Crippen LogP contribution in [0.15, 0.2) is 53.8 Å². The summed E-state index contributed by atoms with van der Waals surface area (Å²) in [6.45, 7) is 2.98. The first-order valence-electron chi connectivity index (χ1n) is 14.3. The second-order valence-electron chi connectivity index (χ2n) is 11.1. The van der Waals surface area contributed by atoms with Gasteiger partial charge in [-0.15, -0.1) is 0 Å². The standard InChI is InChI=1S/C30H38F2N6O4S/c1-35-13-10-23(18-35)36(2)22-6-5-12-37(19-22)24-14-26(31)30(27(32)15-24)43(39,40)38(29-9-11-33-20-34-29)17-21-7-8-25(41-3)16-28(21)42-4/h7-9,11,14-16,20,22-23H,5-6,10,12-13,17-19H2,1-4H3/t22?,23-/m0/s1. The number of methoxy groups -OCH3 is 2. The summed E-state index contributed by atoms with van der Waals surface area (Å²) in [7, 11) is 2.40. The van der Waals surface area contributed by atoms with Crippen LogP contribution >= 0.6 is 0 Å². The third-order valence-corrected chi connectivity index (χ3v) is 10.2. The number of halogens is 2. The SMILES string of the molecule is COc1ccc(CN(c2ccncn2)S(=O)(=O)c2c(F)cc(N3CCCC(N(C)[C@H]4CCN(C)C4)C3)cc2F)c(OC)c1.